The van der Waals surface area contributed by atoms with E-state index in [0.29, 0.717) is 11.3 Å². The Balaban J connectivity index is 3.27. The number of nitrogens with one attached hydrogen (secondary N) is 1. The third-order valence-corrected chi connectivity index (χ3v) is 2.29. The van der Waals surface area contributed by atoms with Crippen molar-refractivity contribution < 1.29 is 9.53 Å². The van der Waals surface area contributed by atoms with Gasteiger partial charge in [-0.1, -0.05) is 0 Å². The molecule has 0 aliphatic carbocycles. The van der Waals surface area contributed by atoms with E-state index in [0.717, 1.165) is 11.1 Å². The van der Waals surface area contributed by atoms with Crippen molar-refractivity contribution in [3.8, 4) is 5.75 Å². The molecule has 14 heavy (non-hydrogen) atoms. The lowest BCUT2D eigenvalue weighted by Gasteiger charge is -2.10. The van der Waals surface area contributed by atoms with E-state index < -0.39 is 0 Å². The van der Waals surface area contributed by atoms with E-state index >= 15 is 0 Å². The second-order valence-corrected chi connectivity index (χ2v) is 3.22. The van der Waals surface area contributed by atoms with Gasteiger partial charge in [0.25, 0.3) is 5.91 Å². The Bertz CT molecular complexity index is 359. The van der Waals surface area contributed by atoms with Gasteiger partial charge in [0.1, 0.15) is 5.75 Å². The number of benzene rings is 1. The van der Waals surface area contributed by atoms with E-state index in [1.807, 2.05) is 26.0 Å². The van der Waals surface area contributed by atoms with Crippen LogP contribution < -0.4 is 10.1 Å². The second kappa shape index (κ2) is 4.13. The third-order valence-electron chi connectivity index (χ3n) is 2.29. The summed E-state index contributed by atoms with van der Waals surface area (Å²) < 4.78 is 5.14. The van der Waals surface area contributed by atoms with Gasteiger partial charge in [-0.15, -0.1) is 0 Å². The highest BCUT2D eigenvalue weighted by Crippen LogP contribution is 2.22. The van der Waals surface area contributed by atoms with Gasteiger partial charge in [-0.25, -0.2) is 0 Å². The predicted octanol–water partition coefficient (Wildman–Crippen LogP) is 1.67. The highest BCUT2D eigenvalue weighted by atomic mass is 16.5. The number of hydrogen-bond acceptors (Lipinski definition) is 2. The largest absolute Gasteiger partial charge is 0.496 e. The van der Waals surface area contributed by atoms with Gasteiger partial charge in [-0.3, -0.25) is 4.79 Å². The van der Waals surface area contributed by atoms with Crippen molar-refractivity contribution in [1.29, 1.82) is 0 Å². The van der Waals surface area contributed by atoms with E-state index in [1.165, 1.54) is 0 Å². The summed E-state index contributed by atoms with van der Waals surface area (Å²) in [5.74, 6) is 0.498. The summed E-state index contributed by atoms with van der Waals surface area (Å²) in [6, 6.07) is 3.72. The first-order valence-electron chi connectivity index (χ1n) is 4.47. The van der Waals surface area contributed by atoms with Gasteiger partial charge < -0.3 is 10.1 Å². The van der Waals surface area contributed by atoms with Crippen LogP contribution in [0.15, 0.2) is 12.1 Å². The average Bonchev–Trinajstić information content (AvgIpc) is 2.20. The molecule has 1 aromatic carbocycles. The normalized spacial score (nSPS) is 9.71. The highest BCUT2D eigenvalue weighted by Gasteiger charge is 2.11. The van der Waals surface area contributed by atoms with Crippen molar-refractivity contribution in [2.24, 2.45) is 0 Å². The van der Waals surface area contributed by atoms with Crippen LogP contribution in [0.25, 0.3) is 0 Å². The molecule has 0 atom stereocenters. The maximum atomic E-state index is 11.5. The lowest BCUT2D eigenvalue weighted by molar-refractivity contribution is 0.0960. The molecule has 0 heterocycles. The lowest BCUT2D eigenvalue weighted by atomic mass is 10.0. The number of methoxy groups -OCH3 is 1. The van der Waals surface area contributed by atoms with Gasteiger partial charge in [0.2, 0.25) is 0 Å². The monoisotopic (exact) mass is 193 g/mol. The Morgan fingerprint density at radius 3 is 2.36 bits per heavy atom. The van der Waals surface area contributed by atoms with E-state index in [2.05, 4.69) is 5.32 Å². The molecular weight excluding hydrogens is 178 g/mol. The number of aryl methyl sites for hydroxylation is 2. The first-order valence-corrected chi connectivity index (χ1v) is 4.47. The average molecular weight is 193 g/mol. The third kappa shape index (κ3) is 1.87. The minimum atomic E-state index is -0.120. The number of carbonyl (C=O) groups excluding carboxylic acids is 1. The first-order chi connectivity index (χ1) is 6.60. The Kier molecular flexibility index (Phi) is 3.12. The standard InChI is InChI=1S/C11H15NO2/c1-7-5-9(11(13)12-3)10(14-4)6-8(7)2/h5-6H,1-4H3,(H,12,13). The van der Waals surface area contributed by atoms with Crippen LogP contribution in [-0.4, -0.2) is 20.1 Å². The van der Waals surface area contributed by atoms with Crippen molar-refractivity contribution in [1.82, 2.24) is 5.32 Å². The zero-order chi connectivity index (χ0) is 10.7. The molecule has 1 aromatic rings. The quantitative estimate of drug-likeness (QED) is 0.776. The molecule has 3 heteroatoms. The first kappa shape index (κ1) is 10.6. The number of ether oxygens (including phenoxy) is 1. The number of carbonyl (C=O) groups is 1. The molecule has 0 unspecified atom stereocenters. The Morgan fingerprint density at radius 2 is 1.86 bits per heavy atom. The van der Waals surface area contributed by atoms with Gasteiger partial charge in [0.05, 0.1) is 12.7 Å². The minimum absolute atomic E-state index is 0.120. The fourth-order valence-corrected chi connectivity index (χ4v) is 1.27. The highest BCUT2D eigenvalue weighted by molar-refractivity contribution is 5.97. The van der Waals surface area contributed by atoms with Crippen molar-refractivity contribution in [2.75, 3.05) is 14.2 Å². The summed E-state index contributed by atoms with van der Waals surface area (Å²) >= 11 is 0. The summed E-state index contributed by atoms with van der Waals surface area (Å²) in [6.07, 6.45) is 0. The number of hydrogen-bond donors (Lipinski definition) is 1. The van der Waals surface area contributed by atoms with Crippen LogP contribution in [-0.2, 0) is 0 Å². The zero-order valence-corrected chi connectivity index (χ0v) is 8.97. The number of rotatable bonds is 2. The summed E-state index contributed by atoms with van der Waals surface area (Å²) in [7, 11) is 3.17. The molecule has 1 amide bonds. The van der Waals surface area contributed by atoms with Crippen LogP contribution in [0.1, 0.15) is 21.5 Å². The Morgan fingerprint density at radius 1 is 1.29 bits per heavy atom. The maximum Gasteiger partial charge on any atom is 0.254 e. The number of amides is 1. The molecule has 0 spiro atoms. The molecule has 1 N–H and O–H groups in total. The molecule has 76 valence electrons. The molecule has 3 nitrogen and oxygen atoms in total. The minimum Gasteiger partial charge on any atom is -0.496 e. The van der Waals surface area contributed by atoms with Crippen LogP contribution in [0, 0.1) is 13.8 Å². The van der Waals surface area contributed by atoms with Gasteiger partial charge in [-0.05, 0) is 37.1 Å². The topological polar surface area (TPSA) is 38.3 Å². The summed E-state index contributed by atoms with van der Waals surface area (Å²) in [5.41, 5.74) is 2.79. The molecule has 0 aliphatic rings. The summed E-state index contributed by atoms with van der Waals surface area (Å²) in [5, 5.41) is 2.58. The van der Waals surface area contributed by atoms with E-state index in [1.54, 1.807) is 14.2 Å². The van der Waals surface area contributed by atoms with Gasteiger partial charge in [0, 0.05) is 7.05 Å². The van der Waals surface area contributed by atoms with Crippen molar-refractivity contribution in [3.05, 3.63) is 28.8 Å². The van der Waals surface area contributed by atoms with Crippen LogP contribution >= 0.6 is 0 Å². The maximum absolute atomic E-state index is 11.5. The molecule has 0 bridgehead atoms. The van der Waals surface area contributed by atoms with Gasteiger partial charge >= 0.3 is 0 Å². The summed E-state index contributed by atoms with van der Waals surface area (Å²) in [6.45, 7) is 3.96. The van der Waals surface area contributed by atoms with Crippen molar-refractivity contribution in [3.63, 3.8) is 0 Å². The Hall–Kier alpha value is -1.51. The zero-order valence-electron chi connectivity index (χ0n) is 8.97. The van der Waals surface area contributed by atoms with E-state index in [9.17, 15) is 4.79 Å². The van der Waals surface area contributed by atoms with Crippen LogP contribution in [0.5, 0.6) is 5.75 Å². The molecular formula is C11H15NO2. The molecule has 0 fully saturated rings. The van der Waals surface area contributed by atoms with E-state index in [-0.39, 0.29) is 5.91 Å². The molecule has 0 radical (unpaired) electrons. The van der Waals surface area contributed by atoms with Crippen LogP contribution in [0.3, 0.4) is 0 Å². The second-order valence-electron chi connectivity index (χ2n) is 3.22. The van der Waals surface area contributed by atoms with Gasteiger partial charge in [-0.2, -0.15) is 0 Å². The molecule has 0 aromatic heterocycles. The van der Waals surface area contributed by atoms with E-state index in [4.69, 9.17) is 4.74 Å². The predicted molar refractivity (Wildman–Crippen MR) is 55.9 cm³/mol. The van der Waals surface area contributed by atoms with Crippen molar-refractivity contribution >= 4 is 5.91 Å². The smallest absolute Gasteiger partial charge is 0.254 e. The molecule has 0 saturated carbocycles. The molecule has 0 aliphatic heterocycles. The lowest BCUT2D eigenvalue weighted by Crippen LogP contribution is -2.19. The molecule has 1 rings (SSSR count). The summed E-state index contributed by atoms with van der Waals surface area (Å²) in [4.78, 5) is 11.5. The van der Waals surface area contributed by atoms with Crippen molar-refractivity contribution in [2.45, 2.75) is 13.8 Å². The molecule has 0 saturated heterocycles. The van der Waals surface area contributed by atoms with Crippen LogP contribution in [0.4, 0.5) is 0 Å². The van der Waals surface area contributed by atoms with Gasteiger partial charge in [0.15, 0.2) is 0 Å². The fourth-order valence-electron chi connectivity index (χ4n) is 1.27. The van der Waals surface area contributed by atoms with Crippen LogP contribution in [0.2, 0.25) is 0 Å². The SMILES string of the molecule is CNC(=O)c1cc(C)c(C)cc1OC. The fraction of sp³-hybridized carbons (Fsp3) is 0.364. The Labute approximate surface area is 84.1 Å².